The summed E-state index contributed by atoms with van der Waals surface area (Å²) in [5, 5.41) is 12.5. The van der Waals surface area contributed by atoms with Crippen molar-refractivity contribution >= 4 is 11.6 Å². The predicted molar refractivity (Wildman–Crippen MR) is 76.5 cm³/mol. The van der Waals surface area contributed by atoms with Gasteiger partial charge < -0.3 is 20.1 Å². The van der Waals surface area contributed by atoms with E-state index in [9.17, 15) is 5.11 Å². The average Bonchev–Trinajstić information content (AvgIpc) is 2.43. The molecule has 0 radical (unpaired) electrons. The number of anilines is 2. The number of hydrogen-bond acceptors (Lipinski definition) is 6. The van der Waals surface area contributed by atoms with E-state index < -0.39 is 0 Å². The lowest BCUT2D eigenvalue weighted by atomic mass is 10.3. The molecule has 1 atom stereocenters. The maximum atomic E-state index is 9.22. The Bertz CT molecular complexity index is 387. The zero-order valence-corrected chi connectivity index (χ0v) is 12.2. The number of hydrogen-bond donors (Lipinski definition) is 2. The molecule has 0 amide bonds. The van der Waals surface area contributed by atoms with E-state index in [0.29, 0.717) is 12.4 Å². The fraction of sp³-hybridized carbons (Fsp3) is 0.692. The van der Waals surface area contributed by atoms with Gasteiger partial charge in [0.2, 0.25) is 0 Å². The van der Waals surface area contributed by atoms with Crippen LogP contribution in [0.25, 0.3) is 0 Å². The summed E-state index contributed by atoms with van der Waals surface area (Å²) in [5.74, 6) is 2.20. The first-order valence-corrected chi connectivity index (χ1v) is 6.56. The molecule has 0 aliphatic rings. The minimum Gasteiger partial charge on any atom is -0.394 e. The molecule has 1 aromatic rings. The van der Waals surface area contributed by atoms with E-state index >= 15 is 0 Å². The van der Waals surface area contributed by atoms with Crippen LogP contribution in [0.4, 0.5) is 11.6 Å². The Kier molecular flexibility index (Phi) is 6.52. The van der Waals surface area contributed by atoms with Gasteiger partial charge in [-0.1, -0.05) is 6.92 Å². The topological polar surface area (TPSA) is 70.5 Å². The molecule has 108 valence electrons. The molecular weight excluding hydrogens is 244 g/mol. The second-order valence-electron chi connectivity index (χ2n) is 4.53. The van der Waals surface area contributed by atoms with E-state index in [1.807, 2.05) is 24.9 Å². The summed E-state index contributed by atoms with van der Waals surface area (Å²) in [6.07, 6.45) is 1.03. The molecule has 2 N–H and O–H groups in total. The van der Waals surface area contributed by atoms with Crippen LogP contribution in [0, 0.1) is 0 Å². The molecule has 6 heteroatoms. The van der Waals surface area contributed by atoms with Gasteiger partial charge in [-0.25, -0.2) is 9.97 Å². The van der Waals surface area contributed by atoms with Crippen molar-refractivity contribution in [3.63, 3.8) is 0 Å². The fourth-order valence-electron chi connectivity index (χ4n) is 1.55. The number of nitrogens with zero attached hydrogens (tertiary/aromatic N) is 3. The Morgan fingerprint density at radius 3 is 2.79 bits per heavy atom. The summed E-state index contributed by atoms with van der Waals surface area (Å²) >= 11 is 0. The Morgan fingerprint density at radius 1 is 1.47 bits per heavy atom. The molecule has 1 rings (SSSR count). The molecule has 1 unspecified atom stereocenters. The summed E-state index contributed by atoms with van der Waals surface area (Å²) in [7, 11) is 3.53. The number of ether oxygens (including phenoxy) is 1. The summed E-state index contributed by atoms with van der Waals surface area (Å²) in [4.78, 5) is 10.8. The summed E-state index contributed by atoms with van der Waals surface area (Å²) in [6.45, 7) is 5.36. The molecule has 0 fully saturated rings. The zero-order chi connectivity index (χ0) is 14.3. The van der Waals surface area contributed by atoms with Crippen LogP contribution in [0.5, 0.6) is 0 Å². The number of aliphatic hydroxyl groups excluding tert-OH is 1. The van der Waals surface area contributed by atoms with Crippen molar-refractivity contribution in [3.8, 4) is 0 Å². The smallest absolute Gasteiger partial charge is 0.158 e. The van der Waals surface area contributed by atoms with Gasteiger partial charge in [0.1, 0.15) is 18.2 Å². The van der Waals surface area contributed by atoms with Gasteiger partial charge in [-0.2, -0.15) is 0 Å². The first-order chi connectivity index (χ1) is 9.12. The van der Waals surface area contributed by atoms with Crippen molar-refractivity contribution in [1.29, 1.82) is 0 Å². The van der Waals surface area contributed by atoms with E-state index in [1.54, 1.807) is 7.11 Å². The van der Waals surface area contributed by atoms with Crippen LogP contribution in [-0.4, -0.2) is 48.4 Å². The predicted octanol–water partition coefficient (Wildman–Crippen LogP) is 1.26. The molecule has 0 saturated heterocycles. The van der Waals surface area contributed by atoms with Crippen LogP contribution < -0.4 is 10.2 Å². The van der Waals surface area contributed by atoms with Crippen LogP contribution in [0.2, 0.25) is 0 Å². The molecule has 0 saturated carbocycles. The fourth-order valence-corrected chi connectivity index (χ4v) is 1.55. The van der Waals surface area contributed by atoms with Crippen molar-refractivity contribution in [1.82, 2.24) is 9.97 Å². The first kappa shape index (κ1) is 15.7. The van der Waals surface area contributed by atoms with E-state index in [1.165, 1.54) is 0 Å². The van der Waals surface area contributed by atoms with Gasteiger partial charge in [0, 0.05) is 26.8 Å². The van der Waals surface area contributed by atoms with Gasteiger partial charge in [0.05, 0.1) is 12.6 Å². The van der Waals surface area contributed by atoms with E-state index in [2.05, 4.69) is 22.2 Å². The van der Waals surface area contributed by atoms with Gasteiger partial charge in [0.25, 0.3) is 0 Å². The highest BCUT2D eigenvalue weighted by atomic mass is 16.5. The number of methoxy groups -OCH3 is 1. The van der Waals surface area contributed by atoms with Crippen molar-refractivity contribution in [3.05, 3.63) is 11.9 Å². The summed E-state index contributed by atoms with van der Waals surface area (Å²) in [6, 6.07) is 1.89. The second-order valence-corrected chi connectivity index (χ2v) is 4.53. The third kappa shape index (κ3) is 4.65. The van der Waals surface area contributed by atoms with E-state index in [4.69, 9.17) is 4.74 Å². The molecule has 19 heavy (non-hydrogen) atoms. The van der Waals surface area contributed by atoms with Gasteiger partial charge in [0.15, 0.2) is 5.82 Å². The quantitative estimate of drug-likeness (QED) is 0.739. The molecule has 0 aromatic carbocycles. The van der Waals surface area contributed by atoms with Crippen LogP contribution >= 0.6 is 0 Å². The molecule has 6 nitrogen and oxygen atoms in total. The van der Waals surface area contributed by atoms with E-state index in [0.717, 1.165) is 24.6 Å². The largest absolute Gasteiger partial charge is 0.394 e. The molecule has 0 aliphatic heterocycles. The Balaban J connectivity index is 2.97. The van der Waals surface area contributed by atoms with Gasteiger partial charge in [-0.3, -0.25) is 0 Å². The molecule has 0 bridgehead atoms. The number of aliphatic hydroxyl groups is 1. The molecule has 0 spiro atoms. The molecule has 0 aliphatic carbocycles. The van der Waals surface area contributed by atoms with Crippen LogP contribution in [-0.2, 0) is 11.3 Å². The minimum atomic E-state index is 0.00400. The third-order valence-electron chi connectivity index (χ3n) is 2.88. The first-order valence-electron chi connectivity index (χ1n) is 6.56. The standard InChI is InChI=1S/C13H24N4O2/c1-5-6-14-11-7-13(17(3)10(2)8-18)16-12(15-11)9-19-4/h7,10,18H,5-6,8-9H2,1-4H3,(H,14,15,16). The van der Waals surface area contributed by atoms with E-state index in [-0.39, 0.29) is 12.6 Å². The lowest BCUT2D eigenvalue weighted by Gasteiger charge is -2.25. The Morgan fingerprint density at radius 2 is 2.21 bits per heavy atom. The number of rotatable bonds is 8. The SMILES string of the molecule is CCCNc1cc(N(C)C(C)CO)nc(COC)n1. The molecule has 1 aromatic heterocycles. The Hall–Kier alpha value is -1.40. The van der Waals surface area contributed by atoms with Crippen LogP contribution in [0.3, 0.4) is 0 Å². The second kappa shape index (κ2) is 7.91. The van der Waals surface area contributed by atoms with Crippen LogP contribution in [0.15, 0.2) is 6.07 Å². The zero-order valence-electron chi connectivity index (χ0n) is 12.2. The minimum absolute atomic E-state index is 0.00400. The Labute approximate surface area is 114 Å². The van der Waals surface area contributed by atoms with Gasteiger partial charge in [-0.05, 0) is 13.3 Å². The number of aromatic nitrogens is 2. The summed E-state index contributed by atoms with van der Waals surface area (Å²) < 4.78 is 5.09. The third-order valence-corrected chi connectivity index (χ3v) is 2.88. The average molecular weight is 268 g/mol. The lowest BCUT2D eigenvalue weighted by molar-refractivity contribution is 0.178. The highest BCUT2D eigenvalue weighted by Gasteiger charge is 2.13. The van der Waals surface area contributed by atoms with Crippen LogP contribution in [0.1, 0.15) is 26.1 Å². The van der Waals surface area contributed by atoms with Gasteiger partial charge >= 0.3 is 0 Å². The highest BCUT2D eigenvalue weighted by Crippen LogP contribution is 2.17. The van der Waals surface area contributed by atoms with Crippen molar-refractivity contribution in [2.24, 2.45) is 0 Å². The van der Waals surface area contributed by atoms with Gasteiger partial charge in [-0.15, -0.1) is 0 Å². The van der Waals surface area contributed by atoms with Crippen molar-refractivity contribution in [2.75, 3.05) is 37.5 Å². The number of likely N-dealkylation sites (N-methyl/N-ethyl adjacent to an activating group) is 1. The molecule has 1 heterocycles. The van der Waals surface area contributed by atoms with Crippen molar-refractivity contribution < 1.29 is 9.84 Å². The maximum Gasteiger partial charge on any atom is 0.158 e. The lowest BCUT2D eigenvalue weighted by Crippen LogP contribution is -2.32. The van der Waals surface area contributed by atoms with Crippen molar-refractivity contribution in [2.45, 2.75) is 32.9 Å². The summed E-state index contributed by atoms with van der Waals surface area (Å²) in [5.41, 5.74) is 0. The number of nitrogens with one attached hydrogen (secondary N) is 1. The maximum absolute atomic E-state index is 9.22. The normalized spacial score (nSPS) is 12.3. The monoisotopic (exact) mass is 268 g/mol. The molecular formula is C13H24N4O2. The highest BCUT2D eigenvalue weighted by molar-refractivity contribution is 5.49.